The van der Waals surface area contributed by atoms with Crippen molar-refractivity contribution in [2.75, 3.05) is 14.1 Å². The number of rotatable bonds is 5. The molecule has 1 aromatic heterocycles. The van der Waals surface area contributed by atoms with E-state index in [4.69, 9.17) is 0 Å². The molecule has 0 saturated heterocycles. The Labute approximate surface area is 147 Å². The van der Waals surface area contributed by atoms with Gasteiger partial charge in [-0.1, -0.05) is 60.7 Å². The zero-order valence-corrected chi connectivity index (χ0v) is 14.3. The van der Waals surface area contributed by atoms with Gasteiger partial charge in [0.2, 0.25) is 0 Å². The van der Waals surface area contributed by atoms with Gasteiger partial charge in [-0.05, 0) is 6.07 Å². The van der Waals surface area contributed by atoms with Gasteiger partial charge in [-0.15, -0.1) is 0 Å². The second-order valence-corrected chi connectivity index (χ2v) is 5.83. The van der Waals surface area contributed by atoms with Crippen molar-refractivity contribution in [2.45, 2.75) is 0 Å². The molecule has 124 valence electrons. The normalized spacial score (nSPS) is 10.8. The third kappa shape index (κ3) is 3.80. The third-order valence-corrected chi connectivity index (χ3v) is 3.67. The van der Waals surface area contributed by atoms with Gasteiger partial charge in [0.25, 0.3) is 0 Å². The monoisotopic (exact) mass is 329 g/mol. The van der Waals surface area contributed by atoms with Gasteiger partial charge in [0.1, 0.15) is 5.69 Å². The summed E-state index contributed by atoms with van der Waals surface area (Å²) in [4.78, 5) is 23.8. The number of aromatic nitrogens is 1. The Kier molecular flexibility index (Phi) is 5.00. The number of ketones is 1. The van der Waals surface area contributed by atoms with Crippen molar-refractivity contribution in [2.24, 2.45) is 4.99 Å². The number of hydrogen-bond donors (Lipinski definition) is 0. The number of hydrogen-bond acceptors (Lipinski definition) is 3. The van der Waals surface area contributed by atoms with Crippen LogP contribution >= 0.6 is 0 Å². The van der Waals surface area contributed by atoms with E-state index >= 15 is 0 Å². The van der Waals surface area contributed by atoms with Crippen LogP contribution in [0.15, 0.2) is 77.9 Å². The first-order valence-corrected chi connectivity index (χ1v) is 8.01. The maximum atomic E-state index is 13.0. The molecule has 0 spiro atoms. The Morgan fingerprint density at radius 1 is 0.960 bits per heavy atom. The fourth-order valence-corrected chi connectivity index (χ4v) is 2.49. The first-order valence-electron chi connectivity index (χ1n) is 8.01. The molecule has 0 atom stereocenters. The number of carbonyl (C=O) groups is 1. The summed E-state index contributed by atoms with van der Waals surface area (Å²) in [6.07, 6.45) is 3.35. The van der Waals surface area contributed by atoms with E-state index in [0.29, 0.717) is 22.5 Å². The third-order valence-electron chi connectivity index (χ3n) is 3.67. The molecular formula is C21H19N3O. The molecular weight excluding hydrogens is 310 g/mol. The van der Waals surface area contributed by atoms with Crippen molar-refractivity contribution >= 4 is 17.8 Å². The lowest BCUT2D eigenvalue weighted by molar-refractivity contribution is 0.103. The molecule has 1 heterocycles. The molecule has 25 heavy (non-hydrogen) atoms. The summed E-state index contributed by atoms with van der Waals surface area (Å²) in [5.74, 6) is -0.0638. The van der Waals surface area contributed by atoms with Crippen molar-refractivity contribution in [3.63, 3.8) is 0 Å². The van der Waals surface area contributed by atoms with Crippen LogP contribution in [0.4, 0.5) is 5.69 Å². The largest absolute Gasteiger partial charge is 0.369 e. The summed E-state index contributed by atoms with van der Waals surface area (Å²) < 4.78 is 0. The molecule has 0 aliphatic heterocycles. The van der Waals surface area contributed by atoms with Crippen molar-refractivity contribution in [1.29, 1.82) is 0 Å². The molecule has 0 aliphatic carbocycles. The average molecular weight is 329 g/mol. The van der Waals surface area contributed by atoms with E-state index in [1.807, 2.05) is 79.7 Å². The summed E-state index contributed by atoms with van der Waals surface area (Å²) >= 11 is 0. The van der Waals surface area contributed by atoms with Gasteiger partial charge in [0.05, 0.1) is 17.6 Å². The highest BCUT2D eigenvalue weighted by molar-refractivity contribution is 6.13. The Balaban J connectivity index is 2.17. The zero-order chi connectivity index (χ0) is 17.6. The van der Waals surface area contributed by atoms with E-state index in [1.54, 1.807) is 18.6 Å². The van der Waals surface area contributed by atoms with Gasteiger partial charge < -0.3 is 4.90 Å². The molecule has 0 unspecified atom stereocenters. The summed E-state index contributed by atoms with van der Waals surface area (Å²) in [6, 6.07) is 20.7. The molecule has 4 nitrogen and oxygen atoms in total. The van der Waals surface area contributed by atoms with Crippen molar-refractivity contribution in [1.82, 2.24) is 9.88 Å². The molecule has 3 aromatic rings. The Hall–Kier alpha value is -3.27. The van der Waals surface area contributed by atoms with Crippen LogP contribution in [0.2, 0.25) is 0 Å². The van der Waals surface area contributed by atoms with Crippen LogP contribution in [0, 0.1) is 0 Å². The average Bonchev–Trinajstić information content (AvgIpc) is 2.67. The van der Waals surface area contributed by atoms with E-state index in [2.05, 4.69) is 9.98 Å². The first kappa shape index (κ1) is 16.6. The van der Waals surface area contributed by atoms with Crippen LogP contribution in [0.25, 0.3) is 11.3 Å². The van der Waals surface area contributed by atoms with E-state index in [0.717, 1.165) is 5.56 Å². The lowest BCUT2D eigenvalue weighted by Gasteiger charge is -2.11. The molecule has 0 aliphatic rings. The van der Waals surface area contributed by atoms with Crippen LogP contribution < -0.4 is 0 Å². The SMILES string of the molecule is CN(C)/C=N/c1c(C(=O)c2ccccc2)ccnc1-c1ccccc1. The Bertz CT molecular complexity index is 888. The topological polar surface area (TPSA) is 45.6 Å². The quantitative estimate of drug-likeness (QED) is 0.400. The summed E-state index contributed by atoms with van der Waals surface area (Å²) in [5.41, 5.74) is 3.38. The zero-order valence-electron chi connectivity index (χ0n) is 14.3. The van der Waals surface area contributed by atoms with Crippen molar-refractivity contribution < 1.29 is 4.79 Å². The van der Waals surface area contributed by atoms with Gasteiger partial charge in [-0.3, -0.25) is 9.78 Å². The summed E-state index contributed by atoms with van der Waals surface area (Å²) in [6.45, 7) is 0. The summed E-state index contributed by atoms with van der Waals surface area (Å²) in [7, 11) is 3.78. The maximum absolute atomic E-state index is 13.0. The molecule has 0 saturated carbocycles. The molecule has 0 N–H and O–H groups in total. The molecule has 0 fully saturated rings. The van der Waals surface area contributed by atoms with Gasteiger partial charge in [0, 0.05) is 31.4 Å². The van der Waals surface area contributed by atoms with Gasteiger partial charge >= 0.3 is 0 Å². The van der Waals surface area contributed by atoms with Crippen LogP contribution in [-0.4, -0.2) is 36.1 Å². The molecule has 0 amide bonds. The van der Waals surface area contributed by atoms with Gasteiger partial charge in [-0.2, -0.15) is 0 Å². The highest BCUT2D eigenvalue weighted by Gasteiger charge is 2.18. The van der Waals surface area contributed by atoms with Crippen LogP contribution in [0.3, 0.4) is 0 Å². The smallest absolute Gasteiger partial charge is 0.195 e. The van der Waals surface area contributed by atoms with Crippen LogP contribution in [0.5, 0.6) is 0 Å². The number of carbonyl (C=O) groups excluding carboxylic acids is 1. The fraction of sp³-hybridized carbons (Fsp3) is 0.0952. The number of aliphatic imine (C=N–C) groups is 1. The minimum Gasteiger partial charge on any atom is -0.369 e. The second-order valence-electron chi connectivity index (χ2n) is 5.83. The fourth-order valence-electron chi connectivity index (χ4n) is 2.49. The lowest BCUT2D eigenvalue weighted by Crippen LogP contribution is -2.08. The molecule has 2 aromatic carbocycles. The van der Waals surface area contributed by atoms with E-state index in [1.165, 1.54) is 0 Å². The summed E-state index contributed by atoms with van der Waals surface area (Å²) in [5, 5.41) is 0. The van der Waals surface area contributed by atoms with Gasteiger partial charge in [-0.25, -0.2) is 4.99 Å². The van der Waals surface area contributed by atoms with Crippen molar-refractivity contribution in [3.05, 3.63) is 84.1 Å². The number of pyridine rings is 1. The Morgan fingerprint density at radius 3 is 2.24 bits per heavy atom. The predicted molar refractivity (Wildman–Crippen MR) is 101 cm³/mol. The Morgan fingerprint density at radius 2 is 1.60 bits per heavy atom. The first-order chi connectivity index (χ1) is 12.2. The van der Waals surface area contributed by atoms with E-state index < -0.39 is 0 Å². The maximum Gasteiger partial charge on any atom is 0.195 e. The molecule has 3 rings (SSSR count). The highest BCUT2D eigenvalue weighted by Crippen LogP contribution is 2.32. The number of nitrogens with zero attached hydrogens (tertiary/aromatic N) is 3. The predicted octanol–water partition coefficient (Wildman–Crippen LogP) is 4.20. The van der Waals surface area contributed by atoms with Crippen LogP contribution in [-0.2, 0) is 0 Å². The standard InChI is InChI=1S/C21H19N3O/c1-24(2)15-23-20-18(21(25)17-11-7-4-8-12-17)13-14-22-19(20)16-9-5-3-6-10-16/h3-15H,1-2H3/b23-15+. The van der Waals surface area contributed by atoms with E-state index in [9.17, 15) is 4.79 Å². The minimum absolute atomic E-state index is 0.0638. The number of benzene rings is 2. The molecule has 0 radical (unpaired) electrons. The van der Waals surface area contributed by atoms with E-state index in [-0.39, 0.29) is 5.78 Å². The molecule has 0 bridgehead atoms. The highest BCUT2D eigenvalue weighted by atomic mass is 16.1. The lowest BCUT2D eigenvalue weighted by atomic mass is 9.99. The minimum atomic E-state index is -0.0638. The second kappa shape index (κ2) is 7.53. The van der Waals surface area contributed by atoms with Crippen LogP contribution in [0.1, 0.15) is 15.9 Å². The molecule has 4 heteroatoms. The van der Waals surface area contributed by atoms with Gasteiger partial charge in [0.15, 0.2) is 5.78 Å². The van der Waals surface area contributed by atoms with Crippen molar-refractivity contribution in [3.8, 4) is 11.3 Å².